The molecule has 112 valence electrons. The first kappa shape index (κ1) is 14.0. The maximum Gasteiger partial charge on any atom is 0.222 e. The summed E-state index contributed by atoms with van der Waals surface area (Å²) in [4.78, 5) is 0. The summed E-state index contributed by atoms with van der Waals surface area (Å²) in [5.41, 5.74) is 1.69. The molecule has 0 radical (unpaired) electrons. The second kappa shape index (κ2) is 5.44. The summed E-state index contributed by atoms with van der Waals surface area (Å²) in [6.07, 6.45) is 2.35. The molecule has 0 bridgehead atoms. The molecule has 1 N–H and O–H groups in total. The Balaban J connectivity index is 1.88. The van der Waals surface area contributed by atoms with E-state index in [0.717, 1.165) is 17.3 Å². The highest BCUT2D eigenvalue weighted by atomic mass is 19.2. The highest BCUT2D eigenvalue weighted by Crippen LogP contribution is 2.30. The number of benzene rings is 1. The van der Waals surface area contributed by atoms with Crippen LogP contribution >= 0.6 is 0 Å². The van der Waals surface area contributed by atoms with Crippen LogP contribution in [-0.2, 0) is 13.6 Å². The Bertz CT molecular complexity index is 665. The van der Waals surface area contributed by atoms with Crippen molar-refractivity contribution in [1.82, 2.24) is 15.1 Å². The second-order valence-electron chi connectivity index (χ2n) is 5.30. The summed E-state index contributed by atoms with van der Waals surface area (Å²) < 4.78 is 34.1. The minimum Gasteiger partial charge on any atom is -0.436 e. The van der Waals surface area contributed by atoms with E-state index in [1.165, 1.54) is 25.0 Å². The summed E-state index contributed by atoms with van der Waals surface area (Å²) in [6, 6.07) is 4.42. The molecular formula is C15H17F2N3O. The van der Waals surface area contributed by atoms with Crippen molar-refractivity contribution in [3.05, 3.63) is 41.1 Å². The highest BCUT2D eigenvalue weighted by Gasteiger charge is 2.23. The summed E-state index contributed by atoms with van der Waals surface area (Å²) in [6.45, 7) is 2.48. The van der Waals surface area contributed by atoms with Gasteiger partial charge in [0, 0.05) is 19.6 Å². The number of ether oxygens (including phenoxy) is 1. The fourth-order valence-corrected chi connectivity index (χ4v) is 2.21. The molecule has 1 aliphatic carbocycles. The molecule has 0 atom stereocenters. The molecule has 1 aromatic heterocycles. The molecular weight excluding hydrogens is 276 g/mol. The van der Waals surface area contributed by atoms with Crippen LogP contribution < -0.4 is 10.1 Å². The lowest BCUT2D eigenvalue weighted by Gasteiger charge is -2.10. The van der Waals surface area contributed by atoms with Crippen molar-refractivity contribution < 1.29 is 13.5 Å². The molecule has 3 rings (SSSR count). The fourth-order valence-electron chi connectivity index (χ4n) is 2.21. The van der Waals surface area contributed by atoms with Crippen LogP contribution in [0.5, 0.6) is 11.6 Å². The molecule has 2 aromatic rings. The molecule has 1 fully saturated rings. The van der Waals surface area contributed by atoms with Crippen LogP contribution in [0.1, 0.15) is 24.1 Å². The number of nitrogens with one attached hydrogen (secondary N) is 1. The number of hydrogen-bond acceptors (Lipinski definition) is 3. The molecule has 4 nitrogen and oxygen atoms in total. The fraction of sp³-hybridized carbons (Fsp3) is 0.400. The summed E-state index contributed by atoms with van der Waals surface area (Å²) >= 11 is 0. The van der Waals surface area contributed by atoms with Crippen molar-refractivity contribution in [3.8, 4) is 11.6 Å². The van der Waals surface area contributed by atoms with Gasteiger partial charge in [-0.15, -0.1) is 0 Å². The van der Waals surface area contributed by atoms with E-state index in [-0.39, 0.29) is 5.75 Å². The van der Waals surface area contributed by atoms with Gasteiger partial charge in [0.2, 0.25) is 11.7 Å². The summed E-state index contributed by atoms with van der Waals surface area (Å²) in [5.74, 6) is -1.61. The number of hydrogen-bond donors (Lipinski definition) is 1. The Labute approximate surface area is 121 Å². The predicted molar refractivity (Wildman–Crippen MR) is 74.2 cm³/mol. The lowest BCUT2D eigenvalue weighted by atomic mass is 10.2. The van der Waals surface area contributed by atoms with Crippen LogP contribution in [0.2, 0.25) is 0 Å². The predicted octanol–water partition coefficient (Wildman–Crippen LogP) is 3.05. The smallest absolute Gasteiger partial charge is 0.222 e. The van der Waals surface area contributed by atoms with Gasteiger partial charge in [-0.3, -0.25) is 0 Å². The van der Waals surface area contributed by atoms with E-state index in [4.69, 9.17) is 4.74 Å². The van der Waals surface area contributed by atoms with Crippen molar-refractivity contribution >= 4 is 0 Å². The Morgan fingerprint density at radius 2 is 2.14 bits per heavy atom. The molecule has 0 saturated heterocycles. The maximum atomic E-state index is 13.7. The van der Waals surface area contributed by atoms with Crippen LogP contribution in [0.3, 0.4) is 0 Å². The lowest BCUT2D eigenvalue weighted by Crippen LogP contribution is -2.16. The number of nitrogens with zero attached hydrogens (tertiary/aromatic N) is 2. The van der Waals surface area contributed by atoms with E-state index in [2.05, 4.69) is 10.4 Å². The molecule has 1 saturated carbocycles. The average Bonchev–Trinajstić information content (AvgIpc) is 3.22. The number of aromatic nitrogens is 2. The van der Waals surface area contributed by atoms with Crippen molar-refractivity contribution in [2.45, 2.75) is 32.4 Å². The van der Waals surface area contributed by atoms with Gasteiger partial charge in [-0.2, -0.15) is 9.49 Å². The normalized spacial score (nSPS) is 14.5. The van der Waals surface area contributed by atoms with Gasteiger partial charge in [0.25, 0.3) is 0 Å². The van der Waals surface area contributed by atoms with Crippen molar-refractivity contribution in [3.63, 3.8) is 0 Å². The number of aryl methyl sites for hydroxylation is 2. The Kier molecular flexibility index (Phi) is 3.63. The quantitative estimate of drug-likeness (QED) is 0.921. The van der Waals surface area contributed by atoms with Gasteiger partial charge in [-0.1, -0.05) is 6.07 Å². The van der Waals surface area contributed by atoms with E-state index in [0.29, 0.717) is 18.5 Å². The maximum absolute atomic E-state index is 13.7. The van der Waals surface area contributed by atoms with Crippen molar-refractivity contribution in [1.29, 1.82) is 0 Å². The van der Waals surface area contributed by atoms with Crippen LogP contribution in [0.25, 0.3) is 0 Å². The van der Waals surface area contributed by atoms with Gasteiger partial charge in [-0.25, -0.2) is 9.07 Å². The molecule has 21 heavy (non-hydrogen) atoms. The molecule has 0 unspecified atom stereocenters. The van der Waals surface area contributed by atoms with Crippen LogP contribution in [0, 0.1) is 18.6 Å². The topological polar surface area (TPSA) is 39.1 Å². The second-order valence-corrected chi connectivity index (χ2v) is 5.30. The van der Waals surface area contributed by atoms with Gasteiger partial charge >= 0.3 is 0 Å². The number of rotatable bonds is 5. The van der Waals surface area contributed by atoms with E-state index >= 15 is 0 Å². The van der Waals surface area contributed by atoms with E-state index in [1.807, 2.05) is 6.92 Å². The SMILES string of the molecule is Cc1nn(C)c(Oc2cccc(F)c2F)c1CNC1CC1. The first-order chi connectivity index (χ1) is 10.1. The molecule has 0 aliphatic heterocycles. The van der Waals surface area contributed by atoms with Gasteiger partial charge in [0.1, 0.15) is 0 Å². The molecule has 1 aliphatic rings. The lowest BCUT2D eigenvalue weighted by molar-refractivity contribution is 0.383. The van der Waals surface area contributed by atoms with E-state index in [1.54, 1.807) is 11.7 Å². The zero-order valence-electron chi connectivity index (χ0n) is 12.0. The largest absolute Gasteiger partial charge is 0.436 e. The Morgan fingerprint density at radius 1 is 1.38 bits per heavy atom. The Hall–Kier alpha value is -1.95. The zero-order valence-corrected chi connectivity index (χ0v) is 12.0. The molecule has 0 spiro atoms. The minimum absolute atomic E-state index is 0.134. The molecule has 1 heterocycles. The summed E-state index contributed by atoms with van der Waals surface area (Å²) in [5, 5.41) is 7.67. The number of halogens is 2. The van der Waals surface area contributed by atoms with Gasteiger partial charge < -0.3 is 10.1 Å². The van der Waals surface area contributed by atoms with Crippen molar-refractivity contribution in [2.24, 2.45) is 7.05 Å². The standard InChI is InChI=1S/C15H17F2N3O/c1-9-11(8-18-10-6-7-10)15(20(2)19-9)21-13-5-3-4-12(16)14(13)17/h3-5,10,18H,6-8H2,1-2H3. The molecule has 1 aromatic carbocycles. The molecule has 0 amide bonds. The zero-order chi connectivity index (χ0) is 15.0. The monoisotopic (exact) mass is 293 g/mol. The Morgan fingerprint density at radius 3 is 2.86 bits per heavy atom. The third-order valence-corrected chi connectivity index (χ3v) is 3.56. The average molecular weight is 293 g/mol. The molecule has 6 heteroatoms. The van der Waals surface area contributed by atoms with Crippen LogP contribution in [-0.4, -0.2) is 15.8 Å². The first-order valence-corrected chi connectivity index (χ1v) is 6.94. The first-order valence-electron chi connectivity index (χ1n) is 6.94. The van der Waals surface area contributed by atoms with Crippen LogP contribution in [0.4, 0.5) is 8.78 Å². The van der Waals surface area contributed by atoms with Crippen molar-refractivity contribution in [2.75, 3.05) is 0 Å². The minimum atomic E-state index is -0.988. The third-order valence-electron chi connectivity index (χ3n) is 3.56. The van der Waals surface area contributed by atoms with Crippen LogP contribution in [0.15, 0.2) is 18.2 Å². The van der Waals surface area contributed by atoms with Gasteiger partial charge in [-0.05, 0) is 31.9 Å². The van der Waals surface area contributed by atoms with Gasteiger partial charge in [0.05, 0.1) is 11.3 Å². The van der Waals surface area contributed by atoms with E-state index in [9.17, 15) is 8.78 Å². The highest BCUT2D eigenvalue weighted by molar-refractivity contribution is 5.36. The summed E-state index contributed by atoms with van der Waals surface area (Å²) in [7, 11) is 1.72. The van der Waals surface area contributed by atoms with Gasteiger partial charge in [0.15, 0.2) is 11.6 Å². The van der Waals surface area contributed by atoms with E-state index < -0.39 is 11.6 Å². The third kappa shape index (κ3) is 2.90.